The van der Waals surface area contributed by atoms with Crippen molar-refractivity contribution in [3.63, 3.8) is 0 Å². The molecule has 0 N–H and O–H groups in total. The Morgan fingerprint density at radius 2 is 2.33 bits per heavy atom. The third kappa shape index (κ3) is 4.05. The van der Waals surface area contributed by atoms with Crippen LogP contribution in [0.25, 0.3) is 0 Å². The van der Waals surface area contributed by atoms with Gasteiger partial charge in [0.15, 0.2) is 4.67 Å². The first-order valence-corrected chi connectivity index (χ1v) is 5.46. The van der Waals surface area contributed by atoms with Gasteiger partial charge in [-0.25, -0.2) is 4.79 Å². The van der Waals surface area contributed by atoms with Crippen LogP contribution in [0.15, 0.2) is 21.2 Å². The zero-order valence-electron chi connectivity index (χ0n) is 8.66. The van der Waals surface area contributed by atoms with Crippen LogP contribution in [0, 0.1) is 0 Å². The number of hydrogen-bond donors (Lipinski definition) is 0. The lowest BCUT2D eigenvalue weighted by atomic mass is 10.4. The zero-order chi connectivity index (χ0) is 11.3. The fraction of sp³-hybridized carbons (Fsp3) is 0.500. The van der Waals surface area contributed by atoms with Crippen molar-refractivity contribution in [2.75, 3.05) is 13.2 Å². The molecule has 84 valence electrons. The van der Waals surface area contributed by atoms with E-state index in [1.807, 2.05) is 6.92 Å². The zero-order valence-corrected chi connectivity index (χ0v) is 10.2. The second kappa shape index (κ2) is 5.92. The number of carbonyl (C=O) groups is 1. The van der Waals surface area contributed by atoms with Gasteiger partial charge in [-0.3, -0.25) is 0 Å². The molecule has 1 aromatic heterocycles. The van der Waals surface area contributed by atoms with Crippen molar-refractivity contribution in [3.05, 3.63) is 22.6 Å². The highest BCUT2D eigenvalue weighted by atomic mass is 79.9. The van der Waals surface area contributed by atoms with Gasteiger partial charge in [-0.15, -0.1) is 0 Å². The predicted octanol–water partition coefficient (Wildman–Crippen LogP) is 2.62. The molecule has 0 radical (unpaired) electrons. The lowest BCUT2D eigenvalue weighted by molar-refractivity contribution is 0.00167. The number of ether oxygens (including phenoxy) is 2. The summed E-state index contributed by atoms with van der Waals surface area (Å²) in [5.74, 6) is -0.293. The van der Waals surface area contributed by atoms with Crippen LogP contribution in [0.3, 0.4) is 0 Å². The molecule has 1 heterocycles. The van der Waals surface area contributed by atoms with Crippen molar-refractivity contribution >= 4 is 21.9 Å². The summed E-state index contributed by atoms with van der Waals surface area (Å²) in [4.78, 5) is 11.4. The Kier molecular flexibility index (Phi) is 4.84. The Bertz CT molecular complexity index is 321. The van der Waals surface area contributed by atoms with Gasteiger partial charge in [0.25, 0.3) is 0 Å². The molecule has 0 saturated heterocycles. The van der Waals surface area contributed by atoms with Crippen molar-refractivity contribution in [1.82, 2.24) is 0 Å². The summed E-state index contributed by atoms with van der Waals surface area (Å²) in [6.45, 7) is 4.65. The van der Waals surface area contributed by atoms with Gasteiger partial charge >= 0.3 is 5.97 Å². The molecule has 0 aliphatic carbocycles. The van der Waals surface area contributed by atoms with Crippen LogP contribution in [-0.4, -0.2) is 25.3 Å². The molecule has 0 saturated carbocycles. The monoisotopic (exact) mass is 276 g/mol. The molecule has 0 aliphatic rings. The Morgan fingerprint density at radius 1 is 1.60 bits per heavy atom. The fourth-order valence-corrected chi connectivity index (χ4v) is 1.29. The van der Waals surface area contributed by atoms with Gasteiger partial charge in [0.05, 0.1) is 6.61 Å². The summed E-state index contributed by atoms with van der Waals surface area (Å²) in [6, 6.07) is 3.20. The normalized spacial score (nSPS) is 12.5. The Labute approximate surface area is 96.7 Å². The molecule has 0 fully saturated rings. The topological polar surface area (TPSA) is 48.7 Å². The van der Waals surface area contributed by atoms with E-state index in [1.54, 1.807) is 19.1 Å². The molecule has 5 heteroatoms. The van der Waals surface area contributed by atoms with E-state index in [1.165, 1.54) is 0 Å². The van der Waals surface area contributed by atoms with Crippen LogP contribution in [0.4, 0.5) is 0 Å². The summed E-state index contributed by atoms with van der Waals surface area (Å²) in [5, 5.41) is 0. The van der Waals surface area contributed by atoms with Crippen molar-refractivity contribution < 1.29 is 18.7 Å². The van der Waals surface area contributed by atoms with Crippen molar-refractivity contribution in [2.45, 2.75) is 20.0 Å². The standard InChI is InChI=1S/C10H13BrO4/c1-3-13-6-7(2)14-10(12)8-4-5-9(11)15-8/h4-5,7H,3,6H2,1-2H3. The molecule has 0 aliphatic heterocycles. The van der Waals surface area contributed by atoms with Crippen molar-refractivity contribution in [1.29, 1.82) is 0 Å². The highest BCUT2D eigenvalue weighted by molar-refractivity contribution is 9.10. The van der Waals surface area contributed by atoms with Gasteiger partial charge in [-0.05, 0) is 41.9 Å². The Balaban J connectivity index is 2.42. The lowest BCUT2D eigenvalue weighted by Crippen LogP contribution is -2.20. The van der Waals surface area contributed by atoms with Gasteiger partial charge in [0.2, 0.25) is 5.76 Å². The Hall–Kier alpha value is -0.810. The SMILES string of the molecule is CCOCC(C)OC(=O)c1ccc(Br)o1. The third-order valence-corrected chi connectivity index (χ3v) is 2.07. The van der Waals surface area contributed by atoms with E-state index in [-0.39, 0.29) is 11.9 Å². The molecule has 0 bridgehead atoms. The van der Waals surface area contributed by atoms with Crippen molar-refractivity contribution in [3.8, 4) is 0 Å². The van der Waals surface area contributed by atoms with E-state index in [4.69, 9.17) is 13.9 Å². The highest BCUT2D eigenvalue weighted by Gasteiger charge is 2.15. The molecule has 0 aromatic carbocycles. The molecule has 0 spiro atoms. The number of hydrogen-bond acceptors (Lipinski definition) is 4. The minimum absolute atomic E-state index is 0.185. The maximum atomic E-state index is 11.4. The lowest BCUT2D eigenvalue weighted by Gasteiger charge is -2.11. The molecule has 15 heavy (non-hydrogen) atoms. The second-order valence-electron chi connectivity index (χ2n) is 2.98. The number of halogens is 1. The van der Waals surface area contributed by atoms with E-state index >= 15 is 0 Å². The summed E-state index contributed by atoms with van der Waals surface area (Å²) >= 11 is 3.11. The molecule has 1 atom stereocenters. The molecule has 1 rings (SSSR count). The van der Waals surface area contributed by atoms with E-state index in [0.717, 1.165) is 0 Å². The summed E-state index contributed by atoms with van der Waals surface area (Å²) in [5.41, 5.74) is 0. The highest BCUT2D eigenvalue weighted by Crippen LogP contribution is 2.15. The van der Waals surface area contributed by atoms with E-state index in [0.29, 0.717) is 17.9 Å². The quantitative estimate of drug-likeness (QED) is 0.776. The Morgan fingerprint density at radius 3 is 2.87 bits per heavy atom. The minimum Gasteiger partial charge on any atom is -0.454 e. The van der Waals surface area contributed by atoms with Crippen LogP contribution < -0.4 is 0 Å². The summed E-state index contributed by atoms with van der Waals surface area (Å²) < 4.78 is 15.8. The van der Waals surface area contributed by atoms with E-state index in [2.05, 4.69) is 15.9 Å². The van der Waals surface area contributed by atoms with Crippen LogP contribution in [0.1, 0.15) is 24.4 Å². The first-order chi connectivity index (χ1) is 7.13. The van der Waals surface area contributed by atoms with Gasteiger partial charge in [0, 0.05) is 6.61 Å². The fourth-order valence-electron chi connectivity index (χ4n) is 0.983. The first-order valence-electron chi connectivity index (χ1n) is 4.67. The minimum atomic E-state index is -0.479. The maximum absolute atomic E-state index is 11.4. The second-order valence-corrected chi connectivity index (χ2v) is 3.76. The van der Waals surface area contributed by atoms with Crippen molar-refractivity contribution in [2.24, 2.45) is 0 Å². The van der Waals surface area contributed by atoms with E-state index in [9.17, 15) is 4.79 Å². The number of rotatable bonds is 5. The average Bonchev–Trinajstić information content (AvgIpc) is 2.61. The number of carbonyl (C=O) groups excluding carboxylic acids is 1. The first kappa shape index (κ1) is 12.3. The van der Waals surface area contributed by atoms with Gasteiger partial charge in [-0.2, -0.15) is 0 Å². The van der Waals surface area contributed by atoms with Crippen LogP contribution in [-0.2, 0) is 9.47 Å². The van der Waals surface area contributed by atoms with Crippen LogP contribution in [0.5, 0.6) is 0 Å². The molecule has 1 unspecified atom stereocenters. The maximum Gasteiger partial charge on any atom is 0.374 e. The molecule has 1 aromatic rings. The third-order valence-electron chi connectivity index (χ3n) is 1.64. The number of furan rings is 1. The summed E-state index contributed by atoms with van der Waals surface area (Å²) in [6.07, 6.45) is -0.277. The molecule has 4 nitrogen and oxygen atoms in total. The largest absolute Gasteiger partial charge is 0.454 e. The molecular formula is C10H13BrO4. The van der Waals surface area contributed by atoms with Gasteiger partial charge in [0.1, 0.15) is 6.10 Å². The number of esters is 1. The van der Waals surface area contributed by atoms with Gasteiger partial charge in [-0.1, -0.05) is 0 Å². The predicted molar refractivity (Wildman–Crippen MR) is 57.8 cm³/mol. The van der Waals surface area contributed by atoms with Crippen LogP contribution in [0.2, 0.25) is 0 Å². The smallest absolute Gasteiger partial charge is 0.374 e. The van der Waals surface area contributed by atoms with Crippen LogP contribution >= 0.6 is 15.9 Å². The summed E-state index contributed by atoms with van der Waals surface area (Å²) in [7, 11) is 0. The van der Waals surface area contributed by atoms with E-state index < -0.39 is 5.97 Å². The molecule has 0 amide bonds. The van der Waals surface area contributed by atoms with Gasteiger partial charge < -0.3 is 13.9 Å². The average molecular weight is 277 g/mol. The molecular weight excluding hydrogens is 264 g/mol.